The van der Waals surface area contributed by atoms with E-state index in [1.165, 1.54) is 0 Å². The first-order valence-corrected chi connectivity index (χ1v) is 5.58. The zero-order valence-corrected chi connectivity index (χ0v) is 9.91. The summed E-state index contributed by atoms with van der Waals surface area (Å²) in [6.07, 6.45) is 0.672. The Balaban J connectivity index is 2.27. The predicted octanol–water partition coefficient (Wildman–Crippen LogP) is 3.76. The van der Waals surface area contributed by atoms with Crippen molar-refractivity contribution in [3.05, 3.63) is 58.5 Å². The second kappa shape index (κ2) is 4.76. The fourth-order valence-electron chi connectivity index (χ4n) is 1.39. The molecule has 1 aromatic carbocycles. The van der Waals surface area contributed by atoms with Crippen molar-refractivity contribution in [2.24, 2.45) is 0 Å². The van der Waals surface area contributed by atoms with Crippen LogP contribution in [0, 0.1) is 0 Å². The third-order valence-corrected chi connectivity index (χ3v) is 3.02. The van der Waals surface area contributed by atoms with Crippen LogP contribution >= 0.6 is 24.2 Å². The summed E-state index contributed by atoms with van der Waals surface area (Å²) in [5.74, 6) is 0.954. The fourth-order valence-corrected chi connectivity index (χ4v) is 1.82. The molecule has 0 N–H and O–H groups in total. The Morgan fingerprint density at radius 2 is 1.88 bits per heavy atom. The van der Waals surface area contributed by atoms with Gasteiger partial charge in [-0.05, 0) is 29.8 Å². The Bertz CT molecular complexity index is 490. The molecule has 1 unspecified atom stereocenters. The van der Waals surface area contributed by atoms with Crippen molar-refractivity contribution in [2.45, 2.75) is 5.25 Å². The lowest BCUT2D eigenvalue weighted by molar-refractivity contribution is 0.109. The minimum Gasteiger partial charge on any atom is -0.457 e. The van der Waals surface area contributed by atoms with Gasteiger partial charge in [0.2, 0.25) is 0 Å². The number of thiol groups is 1. The van der Waals surface area contributed by atoms with Crippen LogP contribution in [0.4, 0.5) is 0 Å². The number of benzene rings is 1. The predicted molar refractivity (Wildman–Crippen MR) is 66.4 cm³/mol. The van der Waals surface area contributed by atoms with Crippen LogP contribution in [0.1, 0.15) is 27.1 Å². The third-order valence-electron chi connectivity index (χ3n) is 2.22. The minimum atomic E-state index is -0.189. The highest BCUT2D eigenvalue weighted by atomic mass is 35.5. The zero-order chi connectivity index (χ0) is 11.5. The van der Waals surface area contributed by atoms with Crippen LogP contribution in [0.2, 0.25) is 5.02 Å². The van der Waals surface area contributed by atoms with Gasteiger partial charge in [0, 0.05) is 5.02 Å². The van der Waals surface area contributed by atoms with Crippen molar-refractivity contribution in [3.63, 3.8) is 0 Å². The maximum Gasteiger partial charge on any atom is 0.185 e. The van der Waals surface area contributed by atoms with Crippen molar-refractivity contribution >= 4 is 30.5 Å². The average Bonchev–Trinajstić information content (AvgIpc) is 2.77. The summed E-state index contributed by atoms with van der Waals surface area (Å²) in [4.78, 5) is 10.5. The molecule has 1 aromatic heterocycles. The molecular formula is C12H9ClO2S. The molecule has 0 fully saturated rings. The van der Waals surface area contributed by atoms with E-state index in [0.717, 1.165) is 5.56 Å². The van der Waals surface area contributed by atoms with Crippen LogP contribution in [0.3, 0.4) is 0 Å². The average molecular weight is 253 g/mol. The molecule has 2 rings (SSSR count). The van der Waals surface area contributed by atoms with Crippen LogP contribution in [0.25, 0.3) is 0 Å². The van der Waals surface area contributed by atoms with Gasteiger partial charge < -0.3 is 4.42 Å². The van der Waals surface area contributed by atoms with Gasteiger partial charge in [0.25, 0.3) is 0 Å². The molecule has 1 heterocycles. The van der Waals surface area contributed by atoms with Crippen molar-refractivity contribution in [3.8, 4) is 0 Å². The maximum atomic E-state index is 10.5. The van der Waals surface area contributed by atoms with E-state index in [1.807, 2.05) is 12.1 Å². The monoisotopic (exact) mass is 252 g/mol. The Morgan fingerprint density at radius 1 is 1.19 bits per heavy atom. The van der Waals surface area contributed by atoms with Crippen molar-refractivity contribution in [1.82, 2.24) is 0 Å². The summed E-state index contributed by atoms with van der Waals surface area (Å²) in [7, 11) is 0. The minimum absolute atomic E-state index is 0.189. The second-order valence-corrected chi connectivity index (χ2v) is 4.26. The lowest BCUT2D eigenvalue weighted by Gasteiger charge is -2.07. The van der Waals surface area contributed by atoms with E-state index < -0.39 is 0 Å². The number of carbonyl (C=O) groups is 1. The lowest BCUT2D eigenvalue weighted by atomic mass is 10.1. The van der Waals surface area contributed by atoms with Gasteiger partial charge in [0.15, 0.2) is 12.0 Å². The van der Waals surface area contributed by atoms with Crippen LogP contribution in [-0.4, -0.2) is 6.29 Å². The van der Waals surface area contributed by atoms with E-state index in [0.29, 0.717) is 22.8 Å². The topological polar surface area (TPSA) is 30.2 Å². The quantitative estimate of drug-likeness (QED) is 0.666. The summed E-state index contributed by atoms with van der Waals surface area (Å²) in [5, 5.41) is 0.489. The number of halogens is 1. The molecule has 0 aliphatic carbocycles. The van der Waals surface area contributed by atoms with E-state index in [2.05, 4.69) is 12.6 Å². The van der Waals surface area contributed by atoms with E-state index in [4.69, 9.17) is 16.0 Å². The first-order chi connectivity index (χ1) is 7.70. The highest BCUT2D eigenvalue weighted by Crippen LogP contribution is 2.29. The van der Waals surface area contributed by atoms with Gasteiger partial charge in [-0.1, -0.05) is 23.7 Å². The van der Waals surface area contributed by atoms with Gasteiger partial charge in [-0.3, -0.25) is 4.79 Å². The van der Waals surface area contributed by atoms with Gasteiger partial charge >= 0.3 is 0 Å². The van der Waals surface area contributed by atoms with Crippen LogP contribution < -0.4 is 0 Å². The molecule has 0 aliphatic heterocycles. The van der Waals surface area contributed by atoms with E-state index in [-0.39, 0.29) is 5.25 Å². The van der Waals surface area contributed by atoms with Gasteiger partial charge in [-0.2, -0.15) is 12.6 Å². The molecule has 0 saturated heterocycles. The molecule has 16 heavy (non-hydrogen) atoms. The molecule has 2 aromatic rings. The van der Waals surface area contributed by atoms with E-state index >= 15 is 0 Å². The summed E-state index contributed by atoms with van der Waals surface area (Å²) in [5.41, 5.74) is 0.972. The van der Waals surface area contributed by atoms with Crippen molar-refractivity contribution in [1.29, 1.82) is 0 Å². The van der Waals surface area contributed by atoms with Gasteiger partial charge in [-0.25, -0.2) is 0 Å². The Morgan fingerprint density at radius 3 is 2.44 bits per heavy atom. The SMILES string of the molecule is O=Cc1ccc(C(S)c2ccc(Cl)cc2)o1. The number of carbonyl (C=O) groups excluding carboxylic acids is 1. The number of rotatable bonds is 3. The lowest BCUT2D eigenvalue weighted by Crippen LogP contribution is -1.90. The molecule has 0 aliphatic rings. The Labute approximate surface area is 104 Å². The largest absolute Gasteiger partial charge is 0.457 e. The van der Waals surface area contributed by atoms with E-state index in [9.17, 15) is 4.79 Å². The molecule has 0 saturated carbocycles. The zero-order valence-electron chi connectivity index (χ0n) is 8.26. The number of hydrogen-bond donors (Lipinski definition) is 1. The van der Waals surface area contributed by atoms with E-state index in [1.54, 1.807) is 24.3 Å². The maximum absolute atomic E-state index is 10.5. The molecule has 0 amide bonds. The number of hydrogen-bond acceptors (Lipinski definition) is 3. The summed E-state index contributed by atoms with van der Waals surface area (Å²) >= 11 is 10.2. The molecule has 4 heteroatoms. The van der Waals surface area contributed by atoms with Crippen LogP contribution in [0.5, 0.6) is 0 Å². The smallest absolute Gasteiger partial charge is 0.185 e. The second-order valence-electron chi connectivity index (χ2n) is 3.31. The van der Waals surface area contributed by atoms with Gasteiger partial charge in [0.05, 0.1) is 5.25 Å². The molecule has 1 atom stereocenters. The number of furan rings is 1. The Hall–Kier alpha value is -1.19. The van der Waals surface area contributed by atoms with Crippen LogP contribution in [0.15, 0.2) is 40.8 Å². The van der Waals surface area contributed by atoms with Crippen molar-refractivity contribution in [2.75, 3.05) is 0 Å². The molecular weight excluding hydrogens is 244 g/mol. The molecule has 0 bridgehead atoms. The summed E-state index contributed by atoms with van der Waals surface area (Å²) < 4.78 is 5.30. The number of aldehydes is 1. The Kier molecular flexibility index (Phi) is 3.36. The molecule has 2 nitrogen and oxygen atoms in total. The normalized spacial score (nSPS) is 12.4. The van der Waals surface area contributed by atoms with Crippen molar-refractivity contribution < 1.29 is 9.21 Å². The molecule has 0 spiro atoms. The van der Waals surface area contributed by atoms with Gasteiger partial charge in [0.1, 0.15) is 5.76 Å². The summed E-state index contributed by atoms with van der Waals surface area (Å²) in [6.45, 7) is 0. The summed E-state index contributed by atoms with van der Waals surface area (Å²) in [6, 6.07) is 10.7. The standard InChI is InChI=1S/C12H9ClO2S/c13-9-3-1-8(2-4-9)12(16)11-6-5-10(7-14)15-11/h1-7,12,16H. The highest BCUT2D eigenvalue weighted by molar-refractivity contribution is 7.80. The first kappa shape index (κ1) is 11.3. The highest BCUT2D eigenvalue weighted by Gasteiger charge is 2.13. The third kappa shape index (κ3) is 2.31. The molecule has 82 valence electrons. The van der Waals surface area contributed by atoms with Crippen LogP contribution in [-0.2, 0) is 0 Å². The fraction of sp³-hybridized carbons (Fsp3) is 0.0833. The first-order valence-electron chi connectivity index (χ1n) is 4.69. The molecule has 0 radical (unpaired) electrons. The van der Waals surface area contributed by atoms with Gasteiger partial charge in [-0.15, -0.1) is 0 Å².